The zero-order valence-electron chi connectivity index (χ0n) is 11.1. The molecular weight excluding hydrogens is 316 g/mol. The van der Waals surface area contributed by atoms with Crippen molar-refractivity contribution in [2.75, 3.05) is 5.43 Å². The summed E-state index contributed by atoms with van der Waals surface area (Å²) in [5.41, 5.74) is 1.85. The van der Waals surface area contributed by atoms with Gasteiger partial charge >= 0.3 is 5.69 Å². The molecule has 3 unspecified atom stereocenters. The molecule has 2 aliphatic rings. The van der Waals surface area contributed by atoms with Gasteiger partial charge in [0.1, 0.15) is 4.21 Å². The van der Waals surface area contributed by atoms with Crippen molar-refractivity contribution in [2.24, 2.45) is 17.7 Å². The summed E-state index contributed by atoms with van der Waals surface area (Å²) in [6.45, 7) is 0. The van der Waals surface area contributed by atoms with E-state index in [1.807, 2.05) is 0 Å². The fourth-order valence-corrected chi connectivity index (χ4v) is 5.95. The van der Waals surface area contributed by atoms with Crippen LogP contribution in [0.15, 0.2) is 10.3 Å². The molecule has 1 aromatic rings. The Morgan fingerprint density at radius 3 is 2.62 bits per heavy atom. The van der Waals surface area contributed by atoms with Gasteiger partial charge in [-0.1, -0.05) is 17.8 Å². The average Bonchev–Trinajstić information content (AvgIpc) is 3.12. The first-order chi connectivity index (χ1) is 9.90. The lowest BCUT2D eigenvalue weighted by molar-refractivity contribution is -0.383. The van der Waals surface area contributed by atoms with Crippen molar-refractivity contribution in [1.82, 2.24) is 4.72 Å². The monoisotopic (exact) mass is 332 g/mol. The van der Waals surface area contributed by atoms with Crippen LogP contribution in [0.25, 0.3) is 0 Å². The Morgan fingerprint density at radius 2 is 2.14 bits per heavy atom. The Balaban J connectivity index is 1.83. The van der Waals surface area contributed by atoms with Crippen LogP contribution in [0.5, 0.6) is 0 Å². The van der Waals surface area contributed by atoms with Crippen molar-refractivity contribution >= 4 is 32.0 Å². The van der Waals surface area contributed by atoms with Crippen LogP contribution in [0.4, 0.5) is 10.7 Å². The molecule has 1 heterocycles. The molecule has 2 saturated carbocycles. The van der Waals surface area contributed by atoms with E-state index in [-0.39, 0.29) is 20.9 Å². The molecule has 4 N–H and O–H groups in total. The third-order valence-electron chi connectivity index (χ3n) is 4.33. The Bertz CT molecular complexity index is 672. The zero-order chi connectivity index (χ0) is 15.2. The van der Waals surface area contributed by atoms with E-state index in [4.69, 9.17) is 5.84 Å². The first-order valence-corrected chi connectivity index (χ1v) is 8.98. The lowest BCUT2D eigenvalue weighted by atomic mass is 9.96. The van der Waals surface area contributed by atoms with E-state index in [1.165, 1.54) is 6.42 Å². The molecule has 8 nitrogen and oxygen atoms in total. The van der Waals surface area contributed by atoms with Crippen LogP contribution in [0.3, 0.4) is 0 Å². The number of rotatable bonds is 5. The Morgan fingerprint density at radius 1 is 1.38 bits per heavy atom. The molecule has 0 spiro atoms. The van der Waals surface area contributed by atoms with Gasteiger partial charge < -0.3 is 5.43 Å². The highest BCUT2D eigenvalue weighted by atomic mass is 32.2. The van der Waals surface area contributed by atoms with Gasteiger partial charge in [-0.2, -0.15) is 0 Å². The molecule has 0 amide bonds. The summed E-state index contributed by atoms with van der Waals surface area (Å²) < 4.78 is 27.4. The van der Waals surface area contributed by atoms with Crippen LogP contribution in [0, 0.1) is 22.0 Å². The second-order valence-electron chi connectivity index (χ2n) is 5.58. The van der Waals surface area contributed by atoms with Crippen molar-refractivity contribution in [3.8, 4) is 0 Å². The molecule has 2 fully saturated rings. The highest BCUT2D eigenvalue weighted by molar-refractivity contribution is 7.91. The van der Waals surface area contributed by atoms with Gasteiger partial charge in [0.05, 0.1) is 4.92 Å². The van der Waals surface area contributed by atoms with E-state index >= 15 is 0 Å². The number of fused-ring (bicyclic) bond motifs is 2. The van der Waals surface area contributed by atoms with Gasteiger partial charge in [-0.05, 0) is 31.1 Å². The summed E-state index contributed by atoms with van der Waals surface area (Å²) >= 11 is 0.770. The second-order valence-corrected chi connectivity index (χ2v) is 8.58. The van der Waals surface area contributed by atoms with Crippen molar-refractivity contribution in [2.45, 2.75) is 35.9 Å². The highest BCUT2D eigenvalue weighted by Gasteiger charge is 2.41. The number of nitrogens with two attached hydrogens (primary N) is 1. The first kappa shape index (κ1) is 14.7. The largest absolute Gasteiger partial charge is 0.310 e. The van der Waals surface area contributed by atoms with Gasteiger partial charge in [-0.15, -0.1) is 0 Å². The Kier molecular flexibility index (Phi) is 3.64. The predicted octanol–water partition coefficient (Wildman–Crippen LogP) is 1.41. The molecule has 0 saturated heterocycles. The van der Waals surface area contributed by atoms with E-state index in [2.05, 4.69) is 10.1 Å². The molecule has 1 aromatic heterocycles. The fraction of sp³-hybridized carbons (Fsp3) is 0.636. The van der Waals surface area contributed by atoms with Crippen LogP contribution >= 0.6 is 11.3 Å². The molecule has 0 aliphatic heterocycles. The van der Waals surface area contributed by atoms with E-state index in [0.717, 1.165) is 36.7 Å². The normalized spacial score (nSPS) is 28.0. The minimum Gasteiger partial charge on any atom is -0.310 e. The number of hydrazine groups is 1. The number of anilines is 1. The lowest BCUT2D eigenvalue weighted by Crippen LogP contribution is -2.38. The molecule has 10 heteroatoms. The van der Waals surface area contributed by atoms with Gasteiger partial charge in [0.15, 0.2) is 5.00 Å². The number of nitrogens with one attached hydrogen (secondary N) is 2. The van der Waals surface area contributed by atoms with E-state index in [9.17, 15) is 18.5 Å². The molecular formula is C11H16N4O4S2. The fourth-order valence-electron chi connectivity index (χ4n) is 3.38. The maximum atomic E-state index is 12.4. The standard InChI is InChI=1S/C11H16N4O4S2/c12-13-11-9(15(16)17)5-10(20-11)21(18,19)14-8-4-6-1-2-7(8)3-6/h5-8,13-14H,1-4,12H2. The van der Waals surface area contributed by atoms with Crippen molar-refractivity contribution < 1.29 is 13.3 Å². The van der Waals surface area contributed by atoms with Gasteiger partial charge in [0.25, 0.3) is 10.0 Å². The lowest BCUT2D eigenvalue weighted by Gasteiger charge is -2.22. The molecule has 116 valence electrons. The van der Waals surface area contributed by atoms with Crippen LogP contribution in [0.1, 0.15) is 25.7 Å². The third kappa shape index (κ3) is 2.63. The maximum absolute atomic E-state index is 12.4. The minimum atomic E-state index is -3.74. The molecule has 2 aliphatic carbocycles. The second kappa shape index (κ2) is 5.20. The van der Waals surface area contributed by atoms with Crippen LogP contribution in [0.2, 0.25) is 0 Å². The molecule has 2 bridgehead atoms. The van der Waals surface area contributed by atoms with Crippen LogP contribution in [-0.2, 0) is 10.0 Å². The topological polar surface area (TPSA) is 127 Å². The number of nitrogens with zero attached hydrogens (tertiary/aromatic N) is 1. The summed E-state index contributed by atoms with van der Waals surface area (Å²) in [5, 5.41) is 10.9. The molecule has 0 radical (unpaired) electrons. The van der Waals surface area contributed by atoms with E-state index < -0.39 is 14.9 Å². The molecule has 0 aromatic carbocycles. The number of sulfonamides is 1. The number of nitro groups is 1. The van der Waals surface area contributed by atoms with Gasteiger partial charge in [-0.25, -0.2) is 19.0 Å². The van der Waals surface area contributed by atoms with Gasteiger partial charge in [-0.3, -0.25) is 10.1 Å². The summed E-state index contributed by atoms with van der Waals surface area (Å²) in [5.74, 6) is 6.21. The Hall–Kier alpha value is -1.23. The maximum Gasteiger partial charge on any atom is 0.306 e. The summed E-state index contributed by atoms with van der Waals surface area (Å²) in [6.07, 6.45) is 4.17. The number of nitrogen functional groups attached to an aromatic ring is 1. The number of thiophene rings is 1. The average molecular weight is 332 g/mol. The Labute approximate surface area is 125 Å². The number of hydrogen-bond donors (Lipinski definition) is 3. The van der Waals surface area contributed by atoms with Crippen molar-refractivity contribution in [3.05, 3.63) is 16.2 Å². The zero-order valence-corrected chi connectivity index (χ0v) is 12.7. The summed E-state index contributed by atoms with van der Waals surface area (Å²) in [7, 11) is -3.74. The summed E-state index contributed by atoms with van der Waals surface area (Å²) in [6, 6.07) is 0.999. The number of hydrogen-bond acceptors (Lipinski definition) is 7. The quantitative estimate of drug-likeness (QED) is 0.425. The van der Waals surface area contributed by atoms with Gasteiger partial charge in [0.2, 0.25) is 0 Å². The van der Waals surface area contributed by atoms with Crippen molar-refractivity contribution in [1.29, 1.82) is 0 Å². The third-order valence-corrected chi connectivity index (χ3v) is 7.35. The van der Waals surface area contributed by atoms with Crippen molar-refractivity contribution in [3.63, 3.8) is 0 Å². The van der Waals surface area contributed by atoms with Crippen LogP contribution < -0.4 is 16.0 Å². The summed E-state index contributed by atoms with van der Waals surface area (Å²) in [4.78, 5) is 10.2. The molecule has 21 heavy (non-hydrogen) atoms. The predicted molar refractivity (Wildman–Crippen MR) is 78.3 cm³/mol. The smallest absolute Gasteiger partial charge is 0.306 e. The minimum absolute atomic E-state index is 0.0355. The van der Waals surface area contributed by atoms with Gasteiger partial charge in [0, 0.05) is 12.1 Å². The SMILES string of the molecule is NNc1sc(S(=O)(=O)NC2CC3CCC2C3)cc1[N+](=O)[O-]. The van der Waals surface area contributed by atoms with E-state index in [1.54, 1.807) is 0 Å². The van der Waals surface area contributed by atoms with Crippen LogP contribution in [-0.4, -0.2) is 19.4 Å². The van der Waals surface area contributed by atoms with E-state index in [0.29, 0.717) is 11.8 Å². The molecule has 3 atom stereocenters. The first-order valence-electron chi connectivity index (χ1n) is 6.68. The molecule has 3 rings (SSSR count). The highest BCUT2D eigenvalue weighted by Crippen LogP contribution is 2.45.